The number of thioether (sulfide) groups is 1. The minimum Gasteiger partial charge on any atom is -0.364 e. The molecule has 1 aliphatic heterocycles. The molecule has 4 rings (SSSR count). The van der Waals surface area contributed by atoms with Crippen LogP contribution in [0, 0.1) is 12.5 Å². The van der Waals surface area contributed by atoms with Crippen molar-refractivity contribution in [2.24, 2.45) is 5.92 Å². The first-order valence-corrected chi connectivity index (χ1v) is 11.4. The van der Waals surface area contributed by atoms with Crippen molar-refractivity contribution in [1.29, 1.82) is 0 Å². The second kappa shape index (κ2) is 9.27. The molecule has 0 radical (unpaired) electrons. The number of rotatable bonds is 7. The Kier molecular flexibility index (Phi) is 6.27. The monoisotopic (exact) mass is 452 g/mol. The van der Waals surface area contributed by atoms with Crippen LogP contribution in [0.5, 0.6) is 0 Å². The lowest BCUT2D eigenvalue weighted by Crippen LogP contribution is -2.48. The van der Waals surface area contributed by atoms with Gasteiger partial charge in [0.2, 0.25) is 11.9 Å². The zero-order valence-electron chi connectivity index (χ0n) is 17.9. The number of carbonyl (C=O) groups is 1. The molecular weight excluding hydrogens is 428 g/mol. The van der Waals surface area contributed by atoms with Crippen LogP contribution in [0.2, 0.25) is 0 Å². The topological polar surface area (TPSA) is 121 Å². The van der Waals surface area contributed by atoms with Gasteiger partial charge in [-0.3, -0.25) is 14.7 Å². The summed E-state index contributed by atoms with van der Waals surface area (Å²) in [5.41, 5.74) is 1.28. The third-order valence-electron chi connectivity index (χ3n) is 5.45. The van der Waals surface area contributed by atoms with E-state index in [1.807, 2.05) is 6.26 Å². The summed E-state index contributed by atoms with van der Waals surface area (Å²) >= 11 is 1.51. The molecule has 1 aliphatic rings. The van der Waals surface area contributed by atoms with Crippen LogP contribution in [0.3, 0.4) is 0 Å². The van der Waals surface area contributed by atoms with Crippen LogP contribution in [0.4, 0.5) is 17.5 Å². The van der Waals surface area contributed by atoms with Gasteiger partial charge in [0, 0.05) is 19.1 Å². The van der Waals surface area contributed by atoms with E-state index >= 15 is 0 Å². The first-order valence-electron chi connectivity index (χ1n) is 10.1. The van der Waals surface area contributed by atoms with Crippen LogP contribution < -0.4 is 10.6 Å². The van der Waals surface area contributed by atoms with E-state index in [4.69, 9.17) is 11.6 Å². The number of amides is 1. The lowest BCUT2D eigenvalue weighted by atomic mass is 9.93. The van der Waals surface area contributed by atoms with Crippen LogP contribution in [0.15, 0.2) is 30.1 Å². The number of nitrogens with zero attached hydrogens (tertiary/aromatic N) is 7. The van der Waals surface area contributed by atoms with Gasteiger partial charge in [0.05, 0.1) is 23.5 Å². The smallest absolute Gasteiger partial charge is 0.307 e. The van der Waals surface area contributed by atoms with E-state index in [1.165, 1.54) is 22.5 Å². The molecular formula is C20H24N10OS. The molecule has 0 spiro atoms. The Morgan fingerprint density at radius 1 is 1.50 bits per heavy atom. The molecule has 0 bridgehead atoms. The van der Waals surface area contributed by atoms with Crippen molar-refractivity contribution in [3.63, 3.8) is 0 Å². The molecule has 1 fully saturated rings. The van der Waals surface area contributed by atoms with Gasteiger partial charge in [-0.05, 0) is 24.7 Å². The summed E-state index contributed by atoms with van der Waals surface area (Å²) in [4.78, 5) is 26.6. The van der Waals surface area contributed by atoms with Crippen molar-refractivity contribution in [2.45, 2.75) is 31.1 Å². The molecule has 4 heterocycles. The average molecular weight is 453 g/mol. The van der Waals surface area contributed by atoms with E-state index in [-0.39, 0.29) is 18.6 Å². The molecule has 11 nitrogen and oxygen atoms in total. The maximum atomic E-state index is 12.1. The van der Waals surface area contributed by atoms with Gasteiger partial charge < -0.3 is 15.5 Å². The number of aromatic nitrogens is 6. The fourth-order valence-corrected chi connectivity index (χ4v) is 4.22. The summed E-state index contributed by atoms with van der Waals surface area (Å²) < 4.78 is 1.53. The molecule has 0 unspecified atom stereocenters. The van der Waals surface area contributed by atoms with Crippen LogP contribution in [0.1, 0.15) is 13.3 Å². The number of likely N-dealkylation sites (tertiary alicyclic amines) is 1. The number of H-pyrrole nitrogens is 1. The summed E-state index contributed by atoms with van der Waals surface area (Å²) in [7, 11) is 0. The quantitative estimate of drug-likeness (QED) is 0.284. The Hall–Kier alpha value is -3.59. The number of nitrogens with one attached hydrogen (secondary N) is 3. The third-order valence-corrected chi connectivity index (χ3v) is 6.13. The number of carbonyl (C=O) groups excluding carboxylic acids is 1. The normalized spacial score (nSPS) is 18.3. The predicted molar refractivity (Wildman–Crippen MR) is 124 cm³/mol. The highest BCUT2D eigenvalue weighted by atomic mass is 32.2. The van der Waals surface area contributed by atoms with Gasteiger partial charge in [-0.15, -0.1) is 11.8 Å². The minimum absolute atomic E-state index is 0.0182. The second-order valence-corrected chi connectivity index (χ2v) is 8.35. The van der Waals surface area contributed by atoms with Crippen molar-refractivity contribution in [3.05, 3.63) is 36.5 Å². The predicted octanol–water partition coefficient (Wildman–Crippen LogP) is 2.73. The van der Waals surface area contributed by atoms with Crippen LogP contribution >= 0.6 is 11.8 Å². The number of fused-ring (bicyclic) bond motifs is 1. The van der Waals surface area contributed by atoms with Gasteiger partial charge in [0.1, 0.15) is 10.8 Å². The summed E-state index contributed by atoms with van der Waals surface area (Å²) in [5.74, 6) is 1.31. The Morgan fingerprint density at radius 3 is 3.09 bits per heavy atom. The third kappa shape index (κ3) is 4.38. The average Bonchev–Trinajstić information content (AvgIpc) is 3.41. The number of hydrogen-bond acceptors (Lipinski definition) is 8. The molecule has 2 atom stereocenters. The van der Waals surface area contributed by atoms with Gasteiger partial charge in [-0.2, -0.15) is 24.8 Å². The molecule has 0 aromatic carbocycles. The number of anilines is 3. The minimum atomic E-state index is -0.0663. The Balaban J connectivity index is 1.65. The van der Waals surface area contributed by atoms with E-state index in [2.05, 4.69) is 49.3 Å². The van der Waals surface area contributed by atoms with Crippen LogP contribution in [0.25, 0.3) is 15.9 Å². The van der Waals surface area contributed by atoms with Crippen molar-refractivity contribution < 1.29 is 4.79 Å². The Bertz CT molecular complexity index is 1180. The zero-order chi connectivity index (χ0) is 22.7. The summed E-state index contributed by atoms with van der Waals surface area (Å²) in [6, 6.07) is 0.0182. The molecule has 3 N–H and O–H groups in total. The summed E-state index contributed by atoms with van der Waals surface area (Å²) in [6.45, 7) is 14.2. The number of piperidine rings is 1. The fourth-order valence-electron chi connectivity index (χ4n) is 3.68. The maximum Gasteiger partial charge on any atom is 0.307 e. The molecule has 3 aromatic rings. The highest BCUT2D eigenvalue weighted by molar-refractivity contribution is 7.98. The van der Waals surface area contributed by atoms with Crippen LogP contribution in [-0.2, 0) is 11.5 Å². The molecule has 166 valence electrons. The highest BCUT2D eigenvalue weighted by Gasteiger charge is 2.29. The molecule has 3 aromatic heterocycles. The Morgan fingerprint density at radius 2 is 2.34 bits per heavy atom. The van der Waals surface area contributed by atoms with E-state index in [0.29, 0.717) is 42.1 Å². The highest BCUT2D eigenvalue weighted by Crippen LogP contribution is 2.32. The molecule has 0 aliphatic carbocycles. The van der Waals surface area contributed by atoms with E-state index in [1.54, 1.807) is 17.3 Å². The van der Waals surface area contributed by atoms with Gasteiger partial charge >= 0.3 is 6.67 Å². The zero-order valence-corrected chi connectivity index (χ0v) is 18.7. The Labute approximate surface area is 189 Å². The standard InChI is InChI=1S/C20H24N10OS/c1-5-15(31)29-7-6-12(2)14(10-29)24-17-16-18(27-28-19(16)32-4)26-20(25-17)23-13-8-22-30(9-13)11-21-3/h5,8-9,12,14H,1,6-7,10-11H2,2,4H3,(H3,23,24,25,26,27,28)/t12-,14+/m1/s1. The molecule has 1 saturated heterocycles. The van der Waals surface area contributed by atoms with Crippen LogP contribution in [-0.4, -0.2) is 66.1 Å². The lowest BCUT2D eigenvalue weighted by Gasteiger charge is -2.37. The maximum absolute atomic E-state index is 12.1. The first-order chi connectivity index (χ1) is 15.5. The SMILES string of the molecule is [C-]#[N+]Cn1cc(Nc2nc(N[C@H]3CN(C(=O)C=C)CC[C@H]3C)c3c(SC)n[nH]c3n2)cn1. The van der Waals surface area contributed by atoms with E-state index in [9.17, 15) is 4.79 Å². The van der Waals surface area contributed by atoms with Gasteiger partial charge in [-0.25, -0.2) is 6.57 Å². The van der Waals surface area contributed by atoms with Crippen molar-refractivity contribution in [3.8, 4) is 0 Å². The lowest BCUT2D eigenvalue weighted by molar-refractivity contribution is -0.127. The molecule has 12 heteroatoms. The van der Waals surface area contributed by atoms with Crippen molar-refractivity contribution in [2.75, 3.05) is 30.0 Å². The second-order valence-electron chi connectivity index (χ2n) is 7.55. The van der Waals surface area contributed by atoms with Crippen molar-refractivity contribution in [1.82, 2.24) is 34.8 Å². The summed E-state index contributed by atoms with van der Waals surface area (Å²) in [6.07, 6.45) is 7.53. The van der Waals surface area contributed by atoms with Gasteiger partial charge in [0.15, 0.2) is 5.65 Å². The van der Waals surface area contributed by atoms with Gasteiger partial charge in [0.25, 0.3) is 0 Å². The molecule has 0 saturated carbocycles. The molecule has 32 heavy (non-hydrogen) atoms. The fraction of sp³-hybridized carbons (Fsp3) is 0.400. The molecule has 1 amide bonds. The van der Waals surface area contributed by atoms with Gasteiger partial charge in [-0.1, -0.05) is 13.5 Å². The number of aromatic amines is 1. The van der Waals surface area contributed by atoms with Crippen molar-refractivity contribution >= 4 is 46.2 Å². The summed E-state index contributed by atoms with van der Waals surface area (Å²) in [5, 5.41) is 19.8. The van der Waals surface area contributed by atoms with E-state index < -0.39 is 0 Å². The largest absolute Gasteiger partial charge is 0.364 e. The van der Waals surface area contributed by atoms with E-state index in [0.717, 1.165) is 16.8 Å². The first kappa shape index (κ1) is 21.6. The number of hydrogen-bond donors (Lipinski definition) is 3.